The minimum Gasteiger partial charge on any atom is -0.339 e. The third kappa shape index (κ3) is 3.14. The molecule has 4 rings (SSSR count). The fourth-order valence-corrected chi connectivity index (χ4v) is 4.92. The van der Waals surface area contributed by atoms with Crippen LogP contribution >= 0.6 is 23.5 Å². The molecule has 0 radical (unpaired) electrons. The maximum atomic E-state index is 9.31. The van der Waals surface area contributed by atoms with E-state index in [-0.39, 0.29) is 0 Å². The zero-order valence-corrected chi connectivity index (χ0v) is 16.7. The van der Waals surface area contributed by atoms with Crippen molar-refractivity contribution in [1.82, 2.24) is 18.6 Å². The molecule has 1 unspecified atom stereocenters. The summed E-state index contributed by atoms with van der Waals surface area (Å²) in [5.74, 6) is 0. The smallest absolute Gasteiger partial charge is 0.0991 e. The lowest BCUT2D eigenvalue weighted by molar-refractivity contribution is 0.623. The number of aromatic nitrogens is 2. The maximum Gasteiger partial charge on any atom is 0.0991 e. The average molecular weight is 384 g/mol. The van der Waals surface area contributed by atoms with Gasteiger partial charge in [0.15, 0.2) is 0 Å². The van der Waals surface area contributed by atoms with E-state index in [1.54, 1.807) is 23.5 Å². The van der Waals surface area contributed by atoms with Crippen molar-refractivity contribution in [2.45, 2.75) is 32.4 Å². The van der Waals surface area contributed by atoms with Crippen molar-refractivity contribution in [3.05, 3.63) is 51.1 Å². The topological polar surface area (TPSA) is 56.9 Å². The molecule has 0 saturated carbocycles. The Labute approximate surface area is 161 Å². The molecule has 26 heavy (non-hydrogen) atoms. The van der Waals surface area contributed by atoms with Crippen LogP contribution in [0.5, 0.6) is 0 Å². The zero-order chi connectivity index (χ0) is 18.3. The number of benzene rings is 1. The predicted molar refractivity (Wildman–Crippen MR) is 108 cm³/mol. The van der Waals surface area contributed by atoms with Crippen molar-refractivity contribution in [2.75, 3.05) is 14.1 Å². The first-order valence-corrected chi connectivity index (χ1v) is 10.2. The van der Waals surface area contributed by atoms with Gasteiger partial charge in [0.05, 0.1) is 29.4 Å². The largest absolute Gasteiger partial charge is 0.339 e. The van der Waals surface area contributed by atoms with Gasteiger partial charge in [-0.1, -0.05) is 0 Å². The average Bonchev–Trinajstić information content (AvgIpc) is 3.29. The summed E-state index contributed by atoms with van der Waals surface area (Å²) < 4.78 is 8.06. The number of aryl methyl sites for hydroxylation is 1. The molecule has 7 heteroatoms. The number of rotatable bonds is 5. The van der Waals surface area contributed by atoms with Gasteiger partial charge in [0.25, 0.3) is 0 Å². The van der Waals surface area contributed by atoms with Gasteiger partial charge in [0.1, 0.15) is 0 Å². The number of hydrogen-bond donors (Lipinski definition) is 1. The van der Waals surface area contributed by atoms with E-state index in [0.29, 0.717) is 6.04 Å². The summed E-state index contributed by atoms with van der Waals surface area (Å²) in [6, 6.07) is 8.76. The number of nitriles is 1. The molecule has 0 fully saturated rings. The second-order valence-electron chi connectivity index (χ2n) is 6.84. The van der Waals surface area contributed by atoms with Crippen LogP contribution in [0.15, 0.2) is 23.7 Å². The Morgan fingerprint density at radius 2 is 2.27 bits per heavy atom. The zero-order valence-electron chi connectivity index (χ0n) is 15.1. The van der Waals surface area contributed by atoms with Crippen LogP contribution in [0.25, 0.3) is 10.9 Å². The summed E-state index contributed by atoms with van der Waals surface area (Å²) in [5.41, 5.74) is 7.75. The van der Waals surface area contributed by atoms with Crippen LogP contribution in [0, 0.1) is 18.3 Å². The molecule has 1 atom stereocenters. The highest BCUT2D eigenvalue weighted by Gasteiger charge is 2.29. The molecule has 2 heterocycles. The van der Waals surface area contributed by atoms with Gasteiger partial charge in [-0.2, -0.15) is 5.26 Å². The van der Waals surface area contributed by atoms with Gasteiger partial charge in [-0.15, -0.1) is 11.3 Å². The molecule has 1 aromatic carbocycles. The van der Waals surface area contributed by atoms with E-state index in [2.05, 4.69) is 37.6 Å². The molecule has 0 amide bonds. The molecular weight excluding hydrogens is 362 g/mol. The third-order valence-electron chi connectivity index (χ3n) is 4.85. The van der Waals surface area contributed by atoms with Crippen LogP contribution < -0.4 is 4.72 Å². The SMILES string of the molecule is Cc1ncsc1Cn1c2c(c3cc(C#N)ccc31)CC(NSN(C)C)C2. The Hall–Kier alpha value is -1.85. The first kappa shape index (κ1) is 17.6. The van der Waals surface area contributed by atoms with E-state index in [4.69, 9.17) is 0 Å². The van der Waals surface area contributed by atoms with E-state index in [0.717, 1.165) is 30.6 Å². The van der Waals surface area contributed by atoms with Crippen molar-refractivity contribution in [1.29, 1.82) is 5.26 Å². The van der Waals surface area contributed by atoms with Crippen LogP contribution in [0.4, 0.5) is 0 Å². The van der Waals surface area contributed by atoms with Crippen LogP contribution in [-0.4, -0.2) is 34.0 Å². The molecule has 5 nitrogen and oxygen atoms in total. The van der Waals surface area contributed by atoms with Gasteiger partial charge in [0, 0.05) is 46.1 Å². The van der Waals surface area contributed by atoms with Crippen molar-refractivity contribution < 1.29 is 0 Å². The Kier molecular flexibility index (Phi) is 4.76. The van der Waals surface area contributed by atoms with Gasteiger partial charge in [0.2, 0.25) is 0 Å². The summed E-state index contributed by atoms with van der Waals surface area (Å²) in [7, 11) is 4.09. The Morgan fingerprint density at radius 3 is 2.96 bits per heavy atom. The summed E-state index contributed by atoms with van der Waals surface area (Å²) in [6.45, 7) is 2.92. The van der Waals surface area contributed by atoms with Crippen LogP contribution in [0.1, 0.15) is 27.4 Å². The Morgan fingerprint density at radius 1 is 1.42 bits per heavy atom. The quantitative estimate of drug-likeness (QED) is 0.683. The molecule has 0 aliphatic heterocycles. The van der Waals surface area contributed by atoms with E-state index in [9.17, 15) is 5.26 Å². The van der Waals surface area contributed by atoms with Gasteiger partial charge in [-0.05, 0) is 51.2 Å². The number of hydrogen-bond acceptors (Lipinski definition) is 6. The summed E-state index contributed by atoms with van der Waals surface area (Å²) in [4.78, 5) is 5.70. The molecule has 0 bridgehead atoms. The maximum absolute atomic E-state index is 9.31. The number of nitrogens with zero attached hydrogens (tertiary/aromatic N) is 4. The summed E-state index contributed by atoms with van der Waals surface area (Å²) in [6.07, 6.45) is 2.00. The molecule has 0 spiro atoms. The molecule has 134 valence electrons. The highest BCUT2D eigenvalue weighted by atomic mass is 32.2. The van der Waals surface area contributed by atoms with E-state index < -0.39 is 0 Å². The van der Waals surface area contributed by atoms with E-state index >= 15 is 0 Å². The van der Waals surface area contributed by atoms with Crippen LogP contribution in [-0.2, 0) is 19.4 Å². The molecular formula is C19H21N5S2. The van der Waals surface area contributed by atoms with E-state index in [1.165, 1.54) is 27.0 Å². The molecule has 0 saturated heterocycles. The monoisotopic (exact) mass is 383 g/mol. The molecule has 1 N–H and O–H groups in total. The minimum absolute atomic E-state index is 0.413. The van der Waals surface area contributed by atoms with E-state index in [1.807, 2.05) is 31.7 Å². The van der Waals surface area contributed by atoms with Crippen LogP contribution in [0.3, 0.4) is 0 Å². The first-order valence-electron chi connectivity index (χ1n) is 8.59. The minimum atomic E-state index is 0.413. The van der Waals surface area contributed by atoms with Crippen molar-refractivity contribution in [2.24, 2.45) is 0 Å². The normalized spacial score (nSPS) is 16.3. The Bertz CT molecular complexity index is 995. The van der Waals surface area contributed by atoms with Crippen molar-refractivity contribution in [3.63, 3.8) is 0 Å². The predicted octanol–water partition coefficient (Wildman–Crippen LogP) is 3.51. The second-order valence-corrected chi connectivity index (χ2v) is 8.93. The Balaban J connectivity index is 1.75. The third-order valence-corrected chi connectivity index (χ3v) is 6.58. The molecule has 1 aliphatic rings. The molecule has 3 aromatic rings. The highest BCUT2D eigenvalue weighted by Crippen LogP contribution is 2.35. The standard InChI is InChI=1S/C19H21N5S2/c1-12-19(25-11-21-12)10-24-17-5-4-13(9-20)6-15(17)16-7-14(8-18(16)24)22-26-23(2)3/h4-6,11,14,22H,7-8,10H2,1-3H3. The number of thiazole rings is 1. The second kappa shape index (κ2) is 7.05. The molecule has 1 aliphatic carbocycles. The molecule has 2 aromatic heterocycles. The van der Waals surface area contributed by atoms with Gasteiger partial charge in [-0.3, -0.25) is 0 Å². The lowest BCUT2D eigenvalue weighted by atomic mass is 10.1. The van der Waals surface area contributed by atoms with Gasteiger partial charge >= 0.3 is 0 Å². The summed E-state index contributed by atoms with van der Waals surface area (Å²) >= 11 is 3.36. The number of nitrogens with one attached hydrogen (secondary N) is 1. The lowest BCUT2D eigenvalue weighted by Crippen LogP contribution is -2.27. The lowest BCUT2D eigenvalue weighted by Gasteiger charge is -2.16. The summed E-state index contributed by atoms with van der Waals surface area (Å²) in [5, 5.41) is 10.5. The fraction of sp³-hybridized carbons (Fsp3) is 0.368. The van der Waals surface area contributed by atoms with Gasteiger partial charge < -0.3 is 4.57 Å². The van der Waals surface area contributed by atoms with Crippen LogP contribution in [0.2, 0.25) is 0 Å². The van der Waals surface area contributed by atoms with Crippen molar-refractivity contribution >= 4 is 34.4 Å². The first-order chi connectivity index (χ1) is 12.6. The highest BCUT2D eigenvalue weighted by molar-refractivity contribution is 7.95. The fourth-order valence-electron chi connectivity index (χ4n) is 3.63. The van der Waals surface area contributed by atoms with Crippen molar-refractivity contribution in [3.8, 4) is 6.07 Å². The number of fused-ring (bicyclic) bond motifs is 3. The van der Waals surface area contributed by atoms with Gasteiger partial charge in [-0.25, -0.2) is 14.0 Å².